The molecule has 0 aliphatic rings. The van der Waals surface area contributed by atoms with E-state index in [0.717, 1.165) is 48.5 Å². The van der Waals surface area contributed by atoms with E-state index in [1.165, 1.54) is 0 Å². The number of hydrogen-bond acceptors (Lipinski definition) is 14. The predicted molar refractivity (Wildman–Crippen MR) is 111 cm³/mol. The molecule has 0 unspecified atom stereocenters. The Bertz CT molecular complexity index is 746. The van der Waals surface area contributed by atoms with Crippen LogP contribution in [0.15, 0.2) is 0 Å². The summed E-state index contributed by atoms with van der Waals surface area (Å²) in [7, 11) is 0. The van der Waals surface area contributed by atoms with E-state index in [1.54, 1.807) is 0 Å². The number of ether oxygens (including phenoxy) is 7. The Labute approximate surface area is 201 Å². The van der Waals surface area contributed by atoms with Crippen LogP contribution in [0.1, 0.15) is 48.5 Å². The molecule has 198 valence electrons. The van der Waals surface area contributed by atoms with Crippen molar-refractivity contribution in [2.75, 3.05) is 13.2 Å². The Hall–Kier alpha value is -3.71. The average molecular weight is 506 g/mol. The van der Waals surface area contributed by atoms with Crippen LogP contribution in [0.5, 0.6) is 0 Å². The molecule has 14 nitrogen and oxygen atoms in total. The second-order valence-electron chi connectivity index (χ2n) is 7.12. The lowest BCUT2D eigenvalue weighted by molar-refractivity contribution is -0.216. The zero-order valence-electron chi connectivity index (χ0n) is 20.5. The molecule has 0 fully saturated rings. The lowest BCUT2D eigenvalue weighted by Crippen LogP contribution is -2.57. The molecule has 35 heavy (non-hydrogen) atoms. The van der Waals surface area contributed by atoms with Gasteiger partial charge in [0.05, 0.1) is 0 Å². The molecular formula is C21H30O14. The molecule has 0 aromatic carbocycles. The monoisotopic (exact) mass is 506 g/mol. The molecule has 0 bridgehead atoms. The Morgan fingerprint density at radius 2 is 0.657 bits per heavy atom. The van der Waals surface area contributed by atoms with Gasteiger partial charge in [0, 0.05) is 48.5 Å². The van der Waals surface area contributed by atoms with Gasteiger partial charge in [0.2, 0.25) is 0 Å². The molecule has 0 radical (unpaired) electrons. The topological polar surface area (TPSA) is 184 Å². The van der Waals surface area contributed by atoms with Crippen LogP contribution in [0.2, 0.25) is 0 Å². The van der Waals surface area contributed by atoms with Crippen molar-refractivity contribution in [3.8, 4) is 0 Å². The summed E-state index contributed by atoms with van der Waals surface area (Å²) in [4.78, 5) is 81.9. The zero-order valence-corrected chi connectivity index (χ0v) is 20.5. The van der Waals surface area contributed by atoms with Crippen molar-refractivity contribution >= 4 is 41.8 Å². The molecule has 0 saturated carbocycles. The van der Waals surface area contributed by atoms with E-state index in [2.05, 4.69) is 0 Å². The van der Waals surface area contributed by atoms with Gasteiger partial charge in [0.15, 0.2) is 30.5 Å². The first kappa shape index (κ1) is 31.3. The van der Waals surface area contributed by atoms with Gasteiger partial charge in [0.1, 0.15) is 13.2 Å². The number of esters is 7. The van der Waals surface area contributed by atoms with Crippen molar-refractivity contribution < 1.29 is 66.7 Å². The van der Waals surface area contributed by atoms with Crippen molar-refractivity contribution in [3.63, 3.8) is 0 Å². The van der Waals surface area contributed by atoms with E-state index in [-0.39, 0.29) is 0 Å². The summed E-state index contributed by atoms with van der Waals surface area (Å²) >= 11 is 0. The maximum Gasteiger partial charge on any atom is 0.303 e. The van der Waals surface area contributed by atoms with Gasteiger partial charge in [-0.2, -0.15) is 0 Å². The van der Waals surface area contributed by atoms with Crippen LogP contribution in [0.25, 0.3) is 0 Å². The van der Waals surface area contributed by atoms with E-state index < -0.39 is 85.5 Å². The Balaban J connectivity index is 6.75. The van der Waals surface area contributed by atoms with Crippen LogP contribution in [-0.2, 0) is 66.7 Å². The van der Waals surface area contributed by atoms with E-state index in [4.69, 9.17) is 33.2 Å². The van der Waals surface area contributed by atoms with E-state index in [9.17, 15) is 33.6 Å². The summed E-state index contributed by atoms with van der Waals surface area (Å²) in [6.07, 6.45) is -8.39. The number of hydrogen-bond donors (Lipinski definition) is 0. The van der Waals surface area contributed by atoms with E-state index >= 15 is 0 Å². The fourth-order valence-electron chi connectivity index (χ4n) is 2.82. The van der Waals surface area contributed by atoms with Crippen LogP contribution >= 0.6 is 0 Å². The van der Waals surface area contributed by atoms with Gasteiger partial charge in [0.25, 0.3) is 0 Å². The van der Waals surface area contributed by atoms with Gasteiger partial charge >= 0.3 is 41.8 Å². The first-order valence-corrected chi connectivity index (χ1v) is 10.3. The standard InChI is InChI=1S/C21H30O14/c1-10(22)29-8-17(31-12(3)24)19(33-14(5)26)21(35-16(7)28)20(34-15(6)27)18(32-13(4)25)9-30-11(2)23/h17-21H,8-9H2,1-7H3/t17-,18+,19-,20-,21+/m0/s1. The molecule has 0 N–H and O–H groups in total. The van der Waals surface area contributed by atoms with Gasteiger partial charge in [-0.15, -0.1) is 0 Å². The highest BCUT2D eigenvalue weighted by molar-refractivity contribution is 5.70. The zero-order chi connectivity index (χ0) is 27.3. The normalized spacial score (nSPS) is 14.6. The van der Waals surface area contributed by atoms with Gasteiger partial charge in [-0.05, 0) is 0 Å². The van der Waals surface area contributed by atoms with Crippen LogP contribution in [-0.4, -0.2) is 85.5 Å². The van der Waals surface area contributed by atoms with E-state index in [0.29, 0.717) is 0 Å². The van der Waals surface area contributed by atoms with Crippen LogP contribution in [0, 0.1) is 0 Å². The minimum Gasteiger partial charge on any atom is -0.462 e. The van der Waals surface area contributed by atoms with Gasteiger partial charge in [-0.1, -0.05) is 0 Å². The highest BCUT2D eigenvalue weighted by Crippen LogP contribution is 2.24. The third-order valence-corrected chi connectivity index (χ3v) is 3.82. The summed E-state index contributed by atoms with van der Waals surface area (Å²) in [5, 5.41) is 0. The lowest BCUT2D eigenvalue weighted by Gasteiger charge is -2.37. The molecule has 0 aliphatic heterocycles. The Kier molecular flexibility index (Phi) is 13.6. The minimum absolute atomic E-state index is 0.653. The second-order valence-corrected chi connectivity index (χ2v) is 7.12. The number of rotatable bonds is 13. The fraction of sp³-hybridized carbons (Fsp3) is 0.667. The van der Waals surface area contributed by atoms with Crippen molar-refractivity contribution in [2.24, 2.45) is 0 Å². The smallest absolute Gasteiger partial charge is 0.303 e. The second kappa shape index (κ2) is 15.2. The Morgan fingerprint density at radius 3 is 0.886 bits per heavy atom. The molecule has 5 atom stereocenters. The van der Waals surface area contributed by atoms with E-state index in [1.807, 2.05) is 0 Å². The fourth-order valence-corrected chi connectivity index (χ4v) is 2.82. The van der Waals surface area contributed by atoms with Gasteiger partial charge in [-0.25, -0.2) is 0 Å². The highest BCUT2D eigenvalue weighted by atomic mass is 16.7. The molecular weight excluding hydrogens is 476 g/mol. The first-order chi connectivity index (χ1) is 16.1. The van der Waals surface area contributed by atoms with Crippen molar-refractivity contribution in [3.05, 3.63) is 0 Å². The number of carbonyl (C=O) groups excluding carboxylic acids is 7. The summed E-state index contributed by atoms with van der Waals surface area (Å²) in [6, 6.07) is 0. The SMILES string of the molecule is CC(=O)OC[C@H](OC(C)=O)[C@H](OC(C)=O)[C@@H](OC(C)=O)[C@@H](OC(C)=O)[C@@H](COC(C)=O)OC(C)=O. The largest absolute Gasteiger partial charge is 0.462 e. The molecule has 0 spiro atoms. The van der Waals surface area contributed by atoms with Crippen LogP contribution in [0.3, 0.4) is 0 Å². The molecule has 0 aromatic heterocycles. The summed E-state index contributed by atoms with van der Waals surface area (Å²) in [6.45, 7) is 5.78. The third kappa shape index (κ3) is 13.6. The minimum atomic E-state index is -1.79. The summed E-state index contributed by atoms with van der Waals surface area (Å²) in [5.74, 6) is -6.19. The lowest BCUT2D eigenvalue weighted by atomic mass is 9.98. The predicted octanol–water partition coefficient (Wildman–Crippen LogP) is -0.229. The summed E-state index contributed by atoms with van der Waals surface area (Å²) in [5.41, 5.74) is 0. The summed E-state index contributed by atoms with van der Waals surface area (Å²) < 4.78 is 35.7. The number of carbonyl (C=O) groups is 7. The quantitative estimate of drug-likeness (QED) is 0.236. The molecule has 0 amide bonds. The third-order valence-electron chi connectivity index (χ3n) is 3.82. The van der Waals surface area contributed by atoms with Crippen molar-refractivity contribution in [1.82, 2.24) is 0 Å². The average Bonchev–Trinajstić information content (AvgIpc) is 2.68. The molecule has 0 rings (SSSR count). The first-order valence-electron chi connectivity index (χ1n) is 10.3. The van der Waals surface area contributed by atoms with Gasteiger partial charge < -0.3 is 33.2 Å². The van der Waals surface area contributed by atoms with Crippen LogP contribution < -0.4 is 0 Å². The molecule has 0 saturated heterocycles. The van der Waals surface area contributed by atoms with Gasteiger partial charge in [-0.3, -0.25) is 33.6 Å². The Morgan fingerprint density at radius 1 is 0.400 bits per heavy atom. The molecule has 0 aliphatic carbocycles. The van der Waals surface area contributed by atoms with Crippen molar-refractivity contribution in [2.45, 2.75) is 79.0 Å². The maximum absolute atomic E-state index is 12.0. The molecule has 14 heteroatoms. The molecule has 0 aromatic rings. The highest BCUT2D eigenvalue weighted by Gasteiger charge is 2.48. The van der Waals surface area contributed by atoms with Crippen LogP contribution in [0.4, 0.5) is 0 Å². The molecule has 0 heterocycles. The maximum atomic E-state index is 12.0. The van der Waals surface area contributed by atoms with Crippen molar-refractivity contribution in [1.29, 1.82) is 0 Å².